The number of rotatable bonds is 8. The van der Waals surface area contributed by atoms with Crippen molar-refractivity contribution >= 4 is 34.1 Å². The summed E-state index contributed by atoms with van der Waals surface area (Å²) in [4.78, 5) is 23.2. The molecule has 0 bridgehead atoms. The van der Waals surface area contributed by atoms with Crippen LogP contribution >= 0.6 is 11.3 Å². The van der Waals surface area contributed by atoms with Crippen LogP contribution in [-0.4, -0.2) is 21.0 Å². The molecule has 0 radical (unpaired) electrons. The summed E-state index contributed by atoms with van der Waals surface area (Å²) in [6.07, 6.45) is 1.29. The van der Waals surface area contributed by atoms with Gasteiger partial charge in [0.1, 0.15) is 35.5 Å². The van der Waals surface area contributed by atoms with Crippen molar-refractivity contribution in [3.63, 3.8) is 0 Å². The Bertz CT molecular complexity index is 1520. The molecule has 11 heteroatoms. The van der Waals surface area contributed by atoms with E-state index >= 15 is 0 Å². The van der Waals surface area contributed by atoms with Gasteiger partial charge in [0.2, 0.25) is 5.13 Å². The van der Waals surface area contributed by atoms with Crippen molar-refractivity contribution < 1.29 is 18.9 Å². The van der Waals surface area contributed by atoms with Crippen molar-refractivity contribution in [2.75, 3.05) is 5.32 Å². The van der Waals surface area contributed by atoms with Crippen LogP contribution in [0.25, 0.3) is 17.4 Å². The maximum Gasteiger partial charge on any atom is 0.270 e. The zero-order valence-corrected chi connectivity index (χ0v) is 20.0. The molecule has 1 amide bonds. The van der Waals surface area contributed by atoms with Crippen LogP contribution in [0.4, 0.5) is 10.8 Å². The van der Waals surface area contributed by atoms with Gasteiger partial charge in [0, 0.05) is 23.8 Å². The molecule has 0 atom stereocenters. The van der Waals surface area contributed by atoms with Crippen LogP contribution in [0.5, 0.6) is 5.75 Å². The van der Waals surface area contributed by atoms with Crippen LogP contribution in [0.3, 0.4) is 0 Å². The number of aromatic nitrogens is 2. The fraction of sp³-hybridized carbons (Fsp3) is 0.120. The molecular formula is C25H19N5O5S. The molecule has 2 aromatic carbocycles. The quantitative estimate of drug-likeness (QED) is 0.145. The number of nitro groups is 1. The Morgan fingerprint density at radius 2 is 2.06 bits per heavy atom. The van der Waals surface area contributed by atoms with Gasteiger partial charge in [-0.2, -0.15) is 5.26 Å². The monoisotopic (exact) mass is 501 g/mol. The zero-order chi connectivity index (χ0) is 25.7. The average Bonchev–Trinajstić information content (AvgIpc) is 3.51. The van der Waals surface area contributed by atoms with E-state index in [1.54, 1.807) is 25.1 Å². The molecule has 0 spiro atoms. The minimum atomic E-state index is -0.677. The Kier molecular flexibility index (Phi) is 7.17. The first-order valence-corrected chi connectivity index (χ1v) is 11.4. The summed E-state index contributed by atoms with van der Waals surface area (Å²) < 4.78 is 11.4. The molecule has 36 heavy (non-hydrogen) atoms. The van der Waals surface area contributed by atoms with Crippen LogP contribution in [0.1, 0.15) is 21.9 Å². The van der Waals surface area contributed by atoms with Crippen molar-refractivity contribution in [3.05, 3.63) is 92.2 Å². The van der Waals surface area contributed by atoms with Crippen LogP contribution in [-0.2, 0) is 11.4 Å². The maximum atomic E-state index is 12.6. The number of nitro benzene ring substituents is 1. The van der Waals surface area contributed by atoms with Gasteiger partial charge in [-0.05, 0) is 49.2 Å². The van der Waals surface area contributed by atoms with Crippen LogP contribution < -0.4 is 10.1 Å². The highest BCUT2D eigenvalue weighted by atomic mass is 32.1. The number of nitriles is 1. The molecule has 10 nitrogen and oxygen atoms in total. The van der Waals surface area contributed by atoms with Crippen molar-refractivity contribution in [2.45, 2.75) is 20.5 Å². The number of non-ortho nitro benzene ring substituents is 1. The lowest BCUT2D eigenvalue weighted by molar-refractivity contribution is -0.384. The van der Waals surface area contributed by atoms with Gasteiger partial charge < -0.3 is 9.15 Å². The van der Waals surface area contributed by atoms with Crippen molar-refractivity contribution in [2.24, 2.45) is 0 Å². The Morgan fingerprint density at radius 3 is 2.81 bits per heavy atom. The number of aryl methyl sites for hydroxylation is 2. The van der Waals surface area contributed by atoms with Gasteiger partial charge in [-0.25, -0.2) is 0 Å². The first kappa shape index (κ1) is 24.3. The predicted octanol–water partition coefficient (Wildman–Crippen LogP) is 5.45. The van der Waals surface area contributed by atoms with Gasteiger partial charge >= 0.3 is 0 Å². The highest BCUT2D eigenvalue weighted by Gasteiger charge is 2.16. The van der Waals surface area contributed by atoms with Crippen LogP contribution in [0.2, 0.25) is 0 Å². The zero-order valence-electron chi connectivity index (χ0n) is 19.2. The second-order valence-corrected chi connectivity index (χ2v) is 8.75. The van der Waals surface area contributed by atoms with E-state index in [2.05, 4.69) is 15.5 Å². The molecule has 0 saturated carbocycles. The summed E-state index contributed by atoms with van der Waals surface area (Å²) in [5.74, 6) is 0.641. The van der Waals surface area contributed by atoms with E-state index in [4.69, 9.17) is 9.15 Å². The molecule has 0 saturated heterocycles. The lowest BCUT2D eigenvalue weighted by atomic mass is 10.1. The fourth-order valence-electron chi connectivity index (χ4n) is 3.23. The minimum absolute atomic E-state index is 0.0677. The van der Waals surface area contributed by atoms with Crippen LogP contribution in [0, 0.1) is 35.3 Å². The van der Waals surface area contributed by atoms with Crippen molar-refractivity contribution in [1.29, 1.82) is 5.26 Å². The molecule has 2 aromatic heterocycles. The highest BCUT2D eigenvalue weighted by molar-refractivity contribution is 7.15. The van der Waals surface area contributed by atoms with Gasteiger partial charge in [-0.1, -0.05) is 29.5 Å². The summed E-state index contributed by atoms with van der Waals surface area (Å²) in [5.41, 5.74) is 2.11. The minimum Gasteiger partial charge on any atom is -0.486 e. The third-order valence-electron chi connectivity index (χ3n) is 5.02. The van der Waals surface area contributed by atoms with Gasteiger partial charge in [0.15, 0.2) is 5.01 Å². The molecule has 180 valence electrons. The molecular weight excluding hydrogens is 482 g/mol. The van der Waals surface area contributed by atoms with Gasteiger partial charge in [0.25, 0.3) is 11.6 Å². The third kappa shape index (κ3) is 5.81. The summed E-state index contributed by atoms with van der Waals surface area (Å²) in [7, 11) is 0. The van der Waals surface area contributed by atoms with E-state index in [1.165, 1.54) is 18.2 Å². The third-order valence-corrected chi connectivity index (χ3v) is 5.83. The molecule has 2 heterocycles. The highest BCUT2D eigenvalue weighted by Crippen LogP contribution is 2.30. The molecule has 0 aliphatic rings. The average molecular weight is 502 g/mol. The van der Waals surface area contributed by atoms with Gasteiger partial charge in [-0.3, -0.25) is 20.2 Å². The molecule has 0 aliphatic carbocycles. The number of furan rings is 1. The Hall–Kier alpha value is -4.82. The predicted molar refractivity (Wildman–Crippen MR) is 133 cm³/mol. The van der Waals surface area contributed by atoms with E-state index in [1.807, 2.05) is 37.3 Å². The SMILES string of the molecule is Cc1cccc(OCc2nnc(NC(=O)C(C#N)=Cc3ccc(-c4cc([N+](=O)[O-])ccc4C)o3)s2)c1. The second kappa shape index (κ2) is 10.6. The molecule has 0 fully saturated rings. The number of amides is 1. The van der Waals surface area contributed by atoms with Crippen molar-refractivity contribution in [1.82, 2.24) is 10.2 Å². The molecule has 0 unspecified atom stereocenters. The Labute approximate surface area is 209 Å². The summed E-state index contributed by atoms with van der Waals surface area (Å²) >= 11 is 1.13. The summed E-state index contributed by atoms with van der Waals surface area (Å²) in [6, 6.07) is 17.1. The number of ether oxygens (including phenoxy) is 1. The van der Waals surface area contributed by atoms with Crippen molar-refractivity contribution in [3.8, 4) is 23.1 Å². The summed E-state index contributed by atoms with van der Waals surface area (Å²) in [6.45, 7) is 3.95. The topological polar surface area (TPSA) is 144 Å². The summed E-state index contributed by atoms with van der Waals surface area (Å²) in [5, 5.41) is 31.8. The largest absolute Gasteiger partial charge is 0.486 e. The fourth-order valence-corrected chi connectivity index (χ4v) is 3.88. The number of carbonyl (C=O) groups is 1. The van der Waals surface area contributed by atoms with Gasteiger partial charge in [-0.15, -0.1) is 10.2 Å². The lowest BCUT2D eigenvalue weighted by Crippen LogP contribution is -2.13. The van der Waals surface area contributed by atoms with E-state index in [-0.39, 0.29) is 28.8 Å². The lowest BCUT2D eigenvalue weighted by Gasteiger charge is -2.03. The standard InChI is InChI=1S/C25H19N5O5S/c1-15-4-3-5-19(10-15)34-14-23-28-29-25(36-23)27-24(31)17(13-26)11-20-8-9-22(35-20)21-12-18(30(32)33)7-6-16(21)2/h3-12H,14H2,1-2H3,(H,27,29,31). The maximum absolute atomic E-state index is 12.6. The van der Waals surface area contributed by atoms with E-state index in [9.17, 15) is 20.2 Å². The Balaban J connectivity index is 1.44. The number of hydrogen-bond donors (Lipinski definition) is 1. The number of carbonyl (C=O) groups excluding carboxylic acids is 1. The number of benzene rings is 2. The number of hydrogen-bond acceptors (Lipinski definition) is 9. The smallest absolute Gasteiger partial charge is 0.270 e. The first-order valence-electron chi connectivity index (χ1n) is 10.6. The number of nitrogens with one attached hydrogen (secondary N) is 1. The van der Waals surface area contributed by atoms with E-state index in [0.717, 1.165) is 22.5 Å². The van der Waals surface area contributed by atoms with Crippen LogP contribution in [0.15, 0.2) is 64.6 Å². The molecule has 1 N–H and O–H groups in total. The Morgan fingerprint density at radius 1 is 1.22 bits per heavy atom. The normalized spacial score (nSPS) is 11.1. The number of nitrogens with zero attached hydrogens (tertiary/aromatic N) is 4. The second-order valence-electron chi connectivity index (χ2n) is 7.69. The van der Waals surface area contributed by atoms with Gasteiger partial charge in [0.05, 0.1) is 4.92 Å². The van der Waals surface area contributed by atoms with E-state index in [0.29, 0.717) is 22.1 Å². The first-order chi connectivity index (χ1) is 17.3. The number of anilines is 1. The molecule has 4 rings (SSSR count). The molecule has 0 aliphatic heterocycles. The van der Waals surface area contributed by atoms with E-state index < -0.39 is 10.8 Å². The molecule has 4 aromatic rings.